The number of hydrogen-bond acceptors (Lipinski definition) is 4. The number of benzene rings is 2. The third-order valence-corrected chi connectivity index (χ3v) is 3.09. The van der Waals surface area contributed by atoms with Crippen LogP contribution in [-0.2, 0) is 0 Å². The minimum atomic E-state index is -0.0747. The number of carbonyl (C=O) groups excluding carboxylic acids is 1. The minimum Gasteiger partial charge on any atom is -0.497 e. The molecule has 0 heterocycles. The molecule has 0 saturated carbocycles. The molecule has 0 amide bonds. The number of nitrogens with two attached hydrogens (primary N) is 1. The zero-order chi connectivity index (χ0) is 15.9. The van der Waals surface area contributed by atoms with Crippen molar-refractivity contribution in [2.24, 2.45) is 10.7 Å². The van der Waals surface area contributed by atoms with Crippen molar-refractivity contribution in [2.45, 2.75) is 6.42 Å². The van der Waals surface area contributed by atoms with Crippen LogP contribution in [0.15, 0.2) is 53.5 Å². The van der Waals surface area contributed by atoms with Crippen LogP contribution < -0.4 is 15.2 Å². The summed E-state index contributed by atoms with van der Waals surface area (Å²) in [7, 11) is 3.11. The van der Waals surface area contributed by atoms with Gasteiger partial charge in [0.1, 0.15) is 23.0 Å². The first-order valence-electron chi connectivity index (χ1n) is 6.77. The van der Waals surface area contributed by atoms with E-state index in [1.807, 2.05) is 18.2 Å². The number of rotatable bonds is 6. The molecule has 0 unspecified atom stereocenters. The maximum Gasteiger partial charge on any atom is 0.170 e. The van der Waals surface area contributed by atoms with Gasteiger partial charge < -0.3 is 15.2 Å². The van der Waals surface area contributed by atoms with Crippen molar-refractivity contribution in [3.63, 3.8) is 0 Å². The fourth-order valence-electron chi connectivity index (χ4n) is 1.96. The molecule has 5 heteroatoms. The van der Waals surface area contributed by atoms with E-state index in [4.69, 9.17) is 15.2 Å². The smallest absolute Gasteiger partial charge is 0.170 e. The highest BCUT2D eigenvalue weighted by Gasteiger charge is 2.09. The van der Waals surface area contributed by atoms with Crippen molar-refractivity contribution >= 4 is 17.3 Å². The first-order chi connectivity index (χ1) is 10.6. The average molecular weight is 298 g/mol. The van der Waals surface area contributed by atoms with Crippen molar-refractivity contribution in [2.75, 3.05) is 14.2 Å². The third kappa shape index (κ3) is 3.85. The Hall–Kier alpha value is -2.82. The van der Waals surface area contributed by atoms with Crippen molar-refractivity contribution in [3.8, 4) is 11.5 Å². The number of aliphatic imine (C=N–C) groups is 1. The lowest BCUT2D eigenvalue weighted by Gasteiger charge is -2.08. The summed E-state index contributed by atoms with van der Waals surface area (Å²) >= 11 is 0. The number of ether oxygens (including phenoxy) is 2. The second-order valence-corrected chi connectivity index (χ2v) is 4.61. The Morgan fingerprint density at radius 2 is 1.82 bits per heavy atom. The number of nitrogens with zero attached hydrogens (tertiary/aromatic N) is 1. The SMILES string of the molecule is COc1ccc(N=C(N)CC(=O)c2ccccc2)c(OC)c1. The second kappa shape index (κ2) is 7.26. The fraction of sp³-hybridized carbons (Fsp3) is 0.176. The summed E-state index contributed by atoms with van der Waals surface area (Å²) in [6, 6.07) is 14.2. The predicted molar refractivity (Wildman–Crippen MR) is 86.2 cm³/mol. The van der Waals surface area contributed by atoms with Crippen LogP contribution in [0.3, 0.4) is 0 Å². The molecule has 0 aliphatic rings. The van der Waals surface area contributed by atoms with E-state index in [2.05, 4.69) is 4.99 Å². The fourth-order valence-corrected chi connectivity index (χ4v) is 1.96. The molecule has 0 aliphatic carbocycles. The van der Waals surface area contributed by atoms with E-state index in [1.165, 1.54) is 0 Å². The molecule has 5 nitrogen and oxygen atoms in total. The molecule has 0 fully saturated rings. The molecule has 2 rings (SSSR count). The van der Waals surface area contributed by atoms with Crippen LogP contribution in [0, 0.1) is 0 Å². The molecule has 2 aromatic rings. The van der Waals surface area contributed by atoms with Crippen molar-refractivity contribution < 1.29 is 14.3 Å². The summed E-state index contributed by atoms with van der Waals surface area (Å²) in [5.74, 6) is 1.36. The standard InChI is InChI=1S/C17H18N2O3/c1-21-13-8-9-14(16(10-13)22-2)19-17(18)11-15(20)12-6-4-3-5-7-12/h3-10H,11H2,1-2H3,(H2,18,19). The van der Waals surface area contributed by atoms with E-state index in [-0.39, 0.29) is 18.0 Å². The van der Waals surface area contributed by atoms with Gasteiger partial charge >= 0.3 is 0 Å². The lowest BCUT2D eigenvalue weighted by molar-refractivity contribution is 0.100. The number of hydrogen-bond donors (Lipinski definition) is 1. The van der Waals surface area contributed by atoms with Crippen LogP contribution >= 0.6 is 0 Å². The van der Waals surface area contributed by atoms with E-state index in [0.29, 0.717) is 22.7 Å². The average Bonchev–Trinajstić information content (AvgIpc) is 2.55. The highest BCUT2D eigenvalue weighted by molar-refractivity contribution is 6.09. The molecular formula is C17H18N2O3. The molecule has 2 N–H and O–H groups in total. The van der Waals surface area contributed by atoms with Gasteiger partial charge in [-0.2, -0.15) is 0 Å². The van der Waals surface area contributed by atoms with Gasteiger partial charge in [-0.05, 0) is 12.1 Å². The topological polar surface area (TPSA) is 73.9 Å². The Balaban J connectivity index is 2.17. The monoisotopic (exact) mass is 298 g/mol. The summed E-state index contributed by atoms with van der Waals surface area (Å²) < 4.78 is 10.4. The van der Waals surface area contributed by atoms with Gasteiger partial charge in [0.2, 0.25) is 0 Å². The molecule has 0 radical (unpaired) electrons. The van der Waals surface area contributed by atoms with E-state index in [1.54, 1.807) is 44.6 Å². The number of amidine groups is 1. The Labute approximate surface area is 129 Å². The summed E-state index contributed by atoms with van der Waals surface area (Å²) in [5, 5.41) is 0. The lowest BCUT2D eigenvalue weighted by atomic mass is 10.1. The van der Waals surface area contributed by atoms with E-state index in [0.717, 1.165) is 0 Å². The van der Waals surface area contributed by atoms with Crippen molar-refractivity contribution in [1.82, 2.24) is 0 Å². The van der Waals surface area contributed by atoms with Crippen LogP contribution in [0.1, 0.15) is 16.8 Å². The summed E-state index contributed by atoms with van der Waals surface area (Å²) in [6.45, 7) is 0. The number of ketones is 1. The maximum absolute atomic E-state index is 12.1. The summed E-state index contributed by atoms with van der Waals surface area (Å²) in [5.41, 5.74) is 7.05. The van der Waals surface area contributed by atoms with Gasteiger partial charge in [0.25, 0.3) is 0 Å². The van der Waals surface area contributed by atoms with Crippen LogP contribution in [0.5, 0.6) is 11.5 Å². The van der Waals surface area contributed by atoms with Gasteiger partial charge in [-0.15, -0.1) is 0 Å². The molecule has 0 bridgehead atoms. The Kier molecular flexibility index (Phi) is 5.14. The van der Waals surface area contributed by atoms with Gasteiger partial charge in [-0.25, -0.2) is 4.99 Å². The quantitative estimate of drug-likeness (QED) is 0.505. The van der Waals surface area contributed by atoms with Crippen LogP contribution in [-0.4, -0.2) is 25.8 Å². The molecule has 0 aliphatic heterocycles. The Bertz CT molecular complexity index is 682. The first-order valence-corrected chi connectivity index (χ1v) is 6.77. The minimum absolute atomic E-state index is 0.0548. The van der Waals surface area contributed by atoms with Gasteiger partial charge in [0, 0.05) is 11.6 Å². The zero-order valence-electron chi connectivity index (χ0n) is 12.6. The normalized spacial score (nSPS) is 11.1. The van der Waals surface area contributed by atoms with E-state index >= 15 is 0 Å². The van der Waals surface area contributed by atoms with E-state index < -0.39 is 0 Å². The van der Waals surface area contributed by atoms with Crippen LogP contribution in [0.25, 0.3) is 0 Å². The van der Waals surface area contributed by atoms with Gasteiger partial charge in [0.05, 0.1) is 20.6 Å². The van der Waals surface area contributed by atoms with Crippen molar-refractivity contribution in [1.29, 1.82) is 0 Å². The maximum atomic E-state index is 12.1. The highest BCUT2D eigenvalue weighted by Crippen LogP contribution is 2.31. The Morgan fingerprint density at radius 3 is 2.45 bits per heavy atom. The molecule has 0 aromatic heterocycles. The van der Waals surface area contributed by atoms with Gasteiger partial charge in [-0.3, -0.25) is 4.79 Å². The van der Waals surface area contributed by atoms with Gasteiger partial charge in [-0.1, -0.05) is 30.3 Å². The molecule has 114 valence electrons. The molecule has 2 aromatic carbocycles. The first kappa shape index (κ1) is 15.6. The molecule has 22 heavy (non-hydrogen) atoms. The molecule has 0 saturated heterocycles. The molecule has 0 spiro atoms. The molecule has 0 atom stereocenters. The number of carbonyl (C=O) groups is 1. The van der Waals surface area contributed by atoms with E-state index in [9.17, 15) is 4.79 Å². The van der Waals surface area contributed by atoms with Gasteiger partial charge in [0.15, 0.2) is 5.78 Å². The highest BCUT2D eigenvalue weighted by atomic mass is 16.5. The lowest BCUT2D eigenvalue weighted by Crippen LogP contribution is -2.16. The predicted octanol–water partition coefficient (Wildman–Crippen LogP) is 2.97. The van der Waals surface area contributed by atoms with Crippen LogP contribution in [0.4, 0.5) is 5.69 Å². The summed E-state index contributed by atoms with van der Waals surface area (Å²) in [6.07, 6.45) is 0.0548. The third-order valence-electron chi connectivity index (χ3n) is 3.09. The second-order valence-electron chi connectivity index (χ2n) is 4.61. The molecular weight excluding hydrogens is 280 g/mol. The summed E-state index contributed by atoms with van der Waals surface area (Å²) in [4.78, 5) is 16.4. The number of Topliss-reactive ketones (excluding diaryl/α,β-unsaturated/α-hetero) is 1. The van der Waals surface area contributed by atoms with Crippen LogP contribution in [0.2, 0.25) is 0 Å². The zero-order valence-corrected chi connectivity index (χ0v) is 12.6. The largest absolute Gasteiger partial charge is 0.497 e. The number of methoxy groups -OCH3 is 2. The van der Waals surface area contributed by atoms with Crippen molar-refractivity contribution in [3.05, 3.63) is 54.1 Å². The Morgan fingerprint density at radius 1 is 1.09 bits per heavy atom.